The minimum Gasteiger partial charge on any atom is -0.321 e. The summed E-state index contributed by atoms with van der Waals surface area (Å²) < 4.78 is 17.3. The molecule has 1 N–H and O–H groups in total. The summed E-state index contributed by atoms with van der Waals surface area (Å²) in [7, 11) is 0. The topological polar surface area (TPSA) is 51.3 Å². The van der Waals surface area contributed by atoms with Gasteiger partial charge in [0.1, 0.15) is 11.6 Å². The number of nitrogens with zero attached hydrogens (tertiary/aromatic N) is 3. The first-order valence-electron chi connectivity index (χ1n) is 9.88. The van der Waals surface area contributed by atoms with Gasteiger partial charge in [0.05, 0.1) is 0 Å². The van der Waals surface area contributed by atoms with Gasteiger partial charge in [0.2, 0.25) is 0 Å². The Kier molecular flexibility index (Phi) is 4.59. The first kappa shape index (κ1) is 18.8. The number of anilines is 1. The van der Waals surface area contributed by atoms with E-state index in [4.69, 9.17) is 0 Å². The Labute approximate surface area is 178 Å². The fourth-order valence-corrected chi connectivity index (χ4v) is 3.60. The molecule has 152 valence electrons. The van der Waals surface area contributed by atoms with Crippen molar-refractivity contribution in [2.75, 3.05) is 5.32 Å². The maximum absolute atomic E-state index is 13.6. The molecule has 0 radical (unpaired) electrons. The molecule has 0 saturated carbocycles. The number of amides is 1. The smallest absolute Gasteiger partial charge is 0.276 e. The van der Waals surface area contributed by atoms with E-state index in [1.807, 2.05) is 72.1 Å². The molecule has 0 atom stereocenters. The number of pyridine rings is 1. The van der Waals surface area contributed by atoms with Crippen LogP contribution in [-0.4, -0.2) is 20.1 Å². The van der Waals surface area contributed by atoms with Gasteiger partial charge in [-0.3, -0.25) is 4.79 Å². The lowest BCUT2D eigenvalue weighted by molar-refractivity contribution is 0.102. The highest BCUT2D eigenvalue weighted by atomic mass is 19.1. The van der Waals surface area contributed by atoms with Crippen molar-refractivity contribution < 1.29 is 9.18 Å². The minimum absolute atomic E-state index is 0.273. The lowest BCUT2D eigenvalue weighted by Gasteiger charge is -2.07. The van der Waals surface area contributed by atoms with E-state index in [0.717, 1.165) is 33.7 Å². The second kappa shape index (κ2) is 7.57. The fourth-order valence-electron chi connectivity index (χ4n) is 3.60. The quantitative estimate of drug-likeness (QED) is 0.426. The predicted molar refractivity (Wildman–Crippen MR) is 119 cm³/mol. The maximum atomic E-state index is 13.6. The number of rotatable bonds is 4. The number of carbonyl (C=O) groups excluding carboxylic acids is 1. The average Bonchev–Trinajstić information content (AvgIpc) is 3.40. The molecular weight excluding hydrogens is 391 g/mol. The second-order valence-electron chi connectivity index (χ2n) is 7.38. The molecule has 5 rings (SSSR count). The van der Waals surface area contributed by atoms with Crippen molar-refractivity contribution in [3.8, 4) is 16.9 Å². The van der Waals surface area contributed by atoms with Crippen LogP contribution in [-0.2, 0) is 0 Å². The summed E-state index contributed by atoms with van der Waals surface area (Å²) in [5, 5.41) is 7.34. The average molecular weight is 410 g/mol. The Morgan fingerprint density at radius 3 is 2.61 bits per heavy atom. The SMILES string of the molecule is Cc1cccc(NC(=O)c2ccn(-c3ccc4ccc(-c5cccc(F)c5)cn34)n2)c1. The highest BCUT2D eigenvalue weighted by molar-refractivity contribution is 6.02. The third-order valence-corrected chi connectivity index (χ3v) is 5.12. The van der Waals surface area contributed by atoms with E-state index in [0.29, 0.717) is 5.69 Å². The highest BCUT2D eigenvalue weighted by Gasteiger charge is 2.13. The van der Waals surface area contributed by atoms with Gasteiger partial charge in [-0.25, -0.2) is 9.07 Å². The minimum atomic E-state index is -0.276. The molecule has 0 aliphatic heterocycles. The molecule has 3 aromatic heterocycles. The number of carbonyl (C=O) groups is 1. The Balaban J connectivity index is 1.47. The third-order valence-electron chi connectivity index (χ3n) is 5.12. The van der Waals surface area contributed by atoms with Gasteiger partial charge in [0.15, 0.2) is 5.69 Å². The van der Waals surface area contributed by atoms with Crippen molar-refractivity contribution in [1.29, 1.82) is 0 Å². The maximum Gasteiger partial charge on any atom is 0.276 e. The molecule has 5 aromatic rings. The van der Waals surface area contributed by atoms with Crippen LogP contribution in [0.15, 0.2) is 91.3 Å². The van der Waals surface area contributed by atoms with Crippen molar-refractivity contribution >= 4 is 17.1 Å². The van der Waals surface area contributed by atoms with Gasteiger partial charge in [-0.1, -0.05) is 30.3 Å². The van der Waals surface area contributed by atoms with Gasteiger partial charge in [-0.05, 0) is 72.1 Å². The van der Waals surface area contributed by atoms with Crippen molar-refractivity contribution in [3.05, 3.63) is 108 Å². The number of benzene rings is 2. The van der Waals surface area contributed by atoms with Crippen LogP contribution in [0.25, 0.3) is 22.5 Å². The fraction of sp³-hybridized carbons (Fsp3) is 0.0400. The summed E-state index contributed by atoms with van der Waals surface area (Å²) in [6.07, 6.45) is 3.69. The molecule has 0 bridgehead atoms. The van der Waals surface area contributed by atoms with Crippen molar-refractivity contribution in [2.45, 2.75) is 6.92 Å². The van der Waals surface area contributed by atoms with Gasteiger partial charge in [0, 0.05) is 23.6 Å². The van der Waals surface area contributed by atoms with Gasteiger partial charge in [-0.15, -0.1) is 0 Å². The molecule has 0 saturated heterocycles. The molecule has 0 aliphatic rings. The number of hydrogen-bond acceptors (Lipinski definition) is 2. The van der Waals surface area contributed by atoms with Crippen molar-refractivity contribution in [1.82, 2.24) is 14.2 Å². The van der Waals surface area contributed by atoms with Gasteiger partial charge >= 0.3 is 0 Å². The molecule has 0 fully saturated rings. The van der Waals surface area contributed by atoms with E-state index in [2.05, 4.69) is 10.4 Å². The van der Waals surface area contributed by atoms with Crippen LogP contribution in [0.3, 0.4) is 0 Å². The number of nitrogens with one attached hydrogen (secondary N) is 1. The number of aromatic nitrogens is 3. The monoisotopic (exact) mass is 410 g/mol. The zero-order valence-corrected chi connectivity index (χ0v) is 16.8. The molecule has 0 spiro atoms. The Hall–Kier alpha value is -4.19. The lowest BCUT2D eigenvalue weighted by Crippen LogP contribution is -2.13. The Morgan fingerprint density at radius 2 is 1.77 bits per heavy atom. The summed E-state index contributed by atoms with van der Waals surface area (Å²) in [6, 6.07) is 23.6. The molecule has 2 aromatic carbocycles. The van der Waals surface area contributed by atoms with Crippen molar-refractivity contribution in [2.24, 2.45) is 0 Å². The van der Waals surface area contributed by atoms with Crippen LogP contribution in [0.1, 0.15) is 16.1 Å². The first-order valence-corrected chi connectivity index (χ1v) is 9.88. The Bertz CT molecular complexity index is 1420. The van der Waals surface area contributed by atoms with Gasteiger partial charge < -0.3 is 9.72 Å². The van der Waals surface area contributed by atoms with Crippen LogP contribution in [0.4, 0.5) is 10.1 Å². The van der Waals surface area contributed by atoms with Crippen LogP contribution < -0.4 is 5.32 Å². The normalized spacial score (nSPS) is 11.0. The van der Waals surface area contributed by atoms with E-state index < -0.39 is 0 Å². The predicted octanol–water partition coefficient (Wildman–Crippen LogP) is 5.49. The molecule has 1 amide bonds. The van der Waals surface area contributed by atoms with E-state index in [1.54, 1.807) is 23.0 Å². The number of halogens is 1. The molecule has 5 nitrogen and oxygen atoms in total. The summed E-state index contributed by atoms with van der Waals surface area (Å²) in [4.78, 5) is 12.6. The highest BCUT2D eigenvalue weighted by Crippen LogP contribution is 2.23. The molecule has 0 aliphatic carbocycles. The lowest BCUT2D eigenvalue weighted by atomic mass is 10.1. The van der Waals surface area contributed by atoms with E-state index in [9.17, 15) is 9.18 Å². The summed E-state index contributed by atoms with van der Waals surface area (Å²) in [5.74, 6) is 0.232. The summed E-state index contributed by atoms with van der Waals surface area (Å²) in [6.45, 7) is 1.97. The van der Waals surface area contributed by atoms with Crippen LogP contribution in [0.2, 0.25) is 0 Å². The second-order valence-corrected chi connectivity index (χ2v) is 7.38. The van der Waals surface area contributed by atoms with Crippen LogP contribution in [0, 0.1) is 12.7 Å². The van der Waals surface area contributed by atoms with Crippen LogP contribution in [0.5, 0.6) is 0 Å². The molecule has 6 heteroatoms. The molecular formula is C25H19FN4O. The standard InChI is InChI=1S/C25H19FN4O/c1-17-4-2-7-21(14-17)27-25(31)23-12-13-30(28-23)24-11-10-22-9-8-19(16-29(22)24)18-5-3-6-20(26)15-18/h2-16H,1H3,(H,27,31). The van der Waals surface area contributed by atoms with Crippen LogP contribution >= 0.6 is 0 Å². The summed E-state index contributed by atoms with van der Waals surface area (Å²) >= 11 is 0. The molecule has 3 heterocycles. The number of fused-ring (bicyclic) bond motifs is 1. The zero-order valence-electron chi connectivity index (χ0n) is 16.8. The summed E-state index contributed by atoms with van der Waals surface area (Å²) in [5.41, 5.74) is 4.76. The number of hydrogen-bond donors (Lipinski definition) is 1. The molecule has 31 heavy (non-hydrogen) atoms. The van der Waals surface area contributed by atoms with Gasteiger partial charge in [0.25, 0.3) is 5.91 Å². The largest absolute Gasteiger partial charge is 0.321 e. The molecule has 0 unspecified atom stereocenters. The first-order chi connectivity index (χ1) is 15.1. The van der Waals surface area contributed by atoms with E-state index >= 15 is 0 Å². The number of aryl methyl sites for hydroxylation is 1. The zero-order chi connectivity index (χ0) is 21.4. The van der Waals surface area contributed by atoms with Crippen molar-refractivity contribution in [3.63, 3.8) is 0 Å². The third kappa shape index (κ3) is 3.71. The Morgan fingerprint density at radius 1 is 0.935 bits per heavy atom. The van der Waals surface area contributed by atoms with E-state index in [-0.39, 0.29) is 11.7 Å². The van der Waals surface area contributed by atoms with E-state index in [1.165, 1.54) is 12.1 Å². The van der Waals surface area contributed by atoms with Gasteiger partial charge in [-0.2, -0.15) is 5.10 Å².